The molecule has 0 unspecified atom stereocenters. The molecule has 3 nitrogen and oxygen atoms in total. The molecule has 0 spiro atoms. The van der Waals surface area contributed by atoms with Gasteiger partial charge in [-0.15, -0.1) is 0 Å². The van der Waals surface area contributed by atoms with E-state index in [4.69, 9.17) is 5.73 Å². The molecule has 2 N–H and O–H groups in total. The average molecular weight is 153 g/mol. The molecule has 0 amide bonds. The van der Waals surface area contributed by atoms with Crippen molar-refractivity contribution in [3.05, 3.63) is 18.0 Å². The molecule has 0 aliphatic heterocycles. The van der Waals surface area contributed by atoms with Crippen LogP contribution in [-0.4, -0.2) is 15.3 Å². The van der Waals surface area contributed by atoms with Crippen LogP contribution in [0, 0.1) is 6.92 Å². The number of nitrogens with two attached hydrogens (primary N) is 1. The summed E-state index contributed by atoms with van der Waals surface area (Å²) in [6.45, 7) is 6.72. The van der Waals surface area contributed by atoms with Gasteiger partial charge in [-0.1, -0.05) is 0 Å². The van der Waals surface area contributed by atoms with E-state index >= 15 is 0 Å². The predicted octanol–water partition coefficient (Wildman–Crippen LogP) is 0.929. The maximum absolute atomic E-state index is 5.82. The van der Waals surface area contributed by atoms with Crippen molar-refractivity contribution in [2.75, 3.05) is 0 Å². The van der Waals surface area contributed by atoms with Crippen LogP contribution in [0.4, 0.5) is 0 Å². The number of aromatic nitrogens is 2. The number of aryl methyl sites for hydroxylation is 1. The number of hydrogen-bond acceptors (Lipinski definition) is 2. The second-order valence-corrected chi connectivity index (χ2v) is 3.64. The van der Waals surface area contributed by atoms with Gasteiger partial charge in [0.05, 0.1) is 12.2 Å². The summed E-state index contributed by atoms with van der Waals surface area (Å²) in [6.07, 6.45) is 1.95. The highest BCUT2D eigenvalue weighted by Gasteiger charge is 2.11. The fourth-order valence-corrected chi connectivity index (χ4v) is 0.969. The van der Waals surface area contributed by atoms with Crippen molar-refractivity contribution in [2.24, 2.45) is 5.73 Å². The molecule has 0 fully saturated rings. The molecular formula is C8H15N3. The van der Waals surface area contributed by atoms with Crippen LogP contribution in [0.3, 0.4) is 0 Å². The zero-order valence-electron chi connectivity index (χ0n) is 7.33. The Morgan fingerprint density at radius 2 is 2.27 bits per heavy atom. The first-order chi connectivity index (χ1) is 4.97. The van der Waals surface area contributed by atoms with E-state index in [1.165, 1.54) is 0 Å². The third kappa shape index (κ3) is 2.72. The highest BCUT2D eigenvalue weighted by Crippen LogP contribution is 2.01. The van der Waals surface area contributed by atoms with E-state index in [-0.39, 0.29) is 5.54 Å². The first-order valence-electron chi connectivity index (χ1n) is 3.76. The van der Waals surface area contributed by atoms with E-state index in [1.54, 1.807) is 0 Å². The standard InChI is InChI=1S/C8H15N3/c1-7-4-5-11(10-7)6-8(2,3)9/h4-5H,6,9H2,1-3H3. The Bertz CT molecular complexity index is 232. The number of nitrogens with zero attached hydrogens (tertiary/aromatic N) is 2. The molecule has 11 heavy (non-hydrogen) atoms. The van der Waals surface area contributed by atoms with Crippen LogP contribution in [0.15, 0.2) is 12.3 Å². The fourth-order valence-electron chi connectivity index (χ4n) is 0.969. The quantitative estimate of drug-likeness (QED) is 0.687. The van der Waals surface area contributed by atoms with Crippen LogP contribution in [-0.2, 0) is 6.54 Å². The van der Waals surface area contributed by atoms with Gasteiger partial charge in [0.1, 0.15) is 0 Å². The minimum atomic E-state index is -0.182. The molecule has 0 saturated carbocycles. The summed E-state index contributed by atoms with van der Waals surface area (Å²) in [7, 11) is 0. The van der Waals surface area contributed by atoms with Gasteiger partial charge in [0, 0.05) is 11.7 Å². The van der Waals surface area contributed by atoms with E-state index in [9.17, 15) is 0 Å². The Labute approximate surface area is 67.2 Å². The Hall–Kier alpha value is -0.830. The van der Waals surface area contributed by atoms with Crippen molar-refractivity contribution < 1.29 is 0 Å². The summed E-state index contributed by atoms with van der Waals surface area (Å²) < 4.78 is 1.87. The molecule has 0 radical (unpaired) electrons. The van der Waals surface area contributed by atoms with Crippen LogP contribution >= 0.6 is 0 Å². The van der Waals surface area contributed by atoms with Crippen molar-refractivity contribution in [3.8, 4) is 0 Å². The summed E-state index contributed by atoms with van der Waals surface area (Å²) in [4.78, 5) is 0. The van der Waals surface area contributed by atoms with Crippen LogP contribution in [0.1, 0.15) is 19.5 Å². The zero-order chi connectivity index (χ0) is 8.48. The Morgan fingerprint density at radius 3 is 2.64 bits per heavy atom. The van der Waals surface area contributed by atoms with Crippen LogP contribution in [0.5, 0.6) is 0 Å². The summed E-state index contributed by atoms with van der Waals surface area (Å²) in [5.74, 6) is 0. The second-order valence-electron chi connectivity index (χ2n) is 3.64. The van der Waals surface area contributed by atoms with Gasteiger partial charge in [-0.3, -0.25) is 4.68 Å². The SMILES string of the molecule is Cc1ccn(CC(C)(C)N)n1. The van der Waals surface area contributed by atoms with Crippen molar-refractivity contribution in [3.63, 3.8) is 0 Å². The molecule has 0 bridgehead atoms. The molecule has 0 saturated heterocycles. The molecule has 0 aliphatic carbocycles. The average Bonchev–Trinajstić information content (AvgIpc) is 2.10. The maximum atomic E-state index is 5.82. The van der Waals surface area contributed by atoms with Gasteiger partial charge in [0.25, 0.3) is 0 Å². The van der Waals surface area contributed by atoms with Crippen molar-refractivity contribution in [1.82, 2.24) is 9.78 Å². The Balaban J connectivity index is 2.65. The molecule has 0 aliphatic rings. The molecule has 0 aromatic carbocycles. The van der Waals surface area contributed by atoms with E-state index in [2.05, 4.69) is 5.10 Å². The lowest BCUT2D eigenvalue weighted by molar-refractivity contribution is 0.407. The van der Waals surface area contributed by atoms with E-state index < -0.39 is 0 Å². The summed E-state index contributed by atoms with van der Waals surface area (Å²) in [6, 6.07) is 1.98. The molecular weight excluding hydrogens is 138 g/mol. The first kappa shape index (κ1) is 8.27. The molecule has 1 rings (SSSR count). The lowest BCUT2D eigenvalue weighted by Gasteiger charge is -2.17. The summed E-state index contributed by atoms with van der Waals surface area (Å²) in [5.41, 5.74) is 6.67. The van der Waals surface area contributed by atoms with Crippen molar-refractivity contribution in [1.29, 1.82) is 0 Å². The monoisotopic (exact) mass is 153 g/mol. The molecule has 3 heteroatoms. The van der Waals surface area contributed by atoms with Gasteiger partial charge < -0.3 is 5.73 Å². The summed E-state index contributed by atoms with van der Waals surface area (Å²) in [5, 5.41) is 4.23. The van der Waals surface area contributed by atoms with Crippen LogP contribution in [0.2, 0.25) is 0 Å². The molecule has 62 valence electrons. The predicted molar refractivity (Wildman–Crippen MR) is 45.2 cm³/mol. The van der Waals surface area contributed by atoms with Gasteiger partial charge in [-0.2, -0.15) is 5.10 Å². The minimum absolute atomic E-state index is 0.182. The van der Waals surface area contributed by atoms with E-state index in [1.807, 2.05) is 37.7 Å². The normalized spacial score (nSPS) is 12.0. The fraction of sp³-hybridized carbons (Fsp3) is 0.625. The third-order valence-corrected chi connectivity index (χ3v) is 1.34. The van der Waals surface area contributed by atoms with E-state index in [0.717, 1.165) is 12.2 Å². The smallest absolute Gasteiger partial charge is 0.0593 e. The Morgan fingerprint density at radius 1 is 1.64 bits per heavy atom. The van der Waals surface area contributed by atoms with Gasteiger partial charge in [0.2, 0.25) is 0 Å². The van der Waals surface area contributed by atoms with Crippen LogP contribution < -0.4 is 5.73 Å². The van der Waals surface area contributed by atoms with Crippen LogP contribution in [0.25, 0.3) is 0 Å². The van der Waals surface area contributed by atoms with Crippen molar-refractivity contribution in [2.45, 2.75) is 32.9 Å². The Kier molecular flexibility index (Phi) is 2.00. The summed E-state index contributed by atoms with van der Waals surface area (Å²) >= 11 is 0. The minimum Gasteiger partial charge on any atom is -0.324 e. The zero-order valence-corrected chi connectivity index (χ0v) is 7.33. The van der Waals surface area contributed by atoms with Gasteiger partial charge in [-0.05, 0) is 26.8 Å². The highest BCUT2D eigenvalue weighted by atomic mass is 15.3. The third-order valence-electron chi connectivity index (χ3n) is 1.34. The van der Waals surface area contributed by atoms with Crippen molar-refractivity contribution >= 4 is 0 Å². The number of hydrogen-bond donors (Lipinski definition) is 1. The highest BCUT2D eigenvalue weighted by molar-refractivity contribution is 4.95. The lowest BCUT2D eigenvalue weighted by atomic mass is 10.1. The first-order valence-corrected chi connectivity index (χ1v) is 3.76. The largest absolute Gasteiger partial charge is 0.324 e. The van der Waals surface area contributed by atoms with Gasteiger partial charge in [0.15, 0.2) is 0 Å². The lowest BCUT2D eigenvalue weighted by Crippen LogP contribution is -2.37. The van der Waals surface area contributed by atoms with E-state index in [0.29, 0.717) is 0 Å². The van der Waals surface area contributed by atoms with Gasteiger partial charge >= 0.3 is 0 Å². The van der Waals surface area contributed by atoms with Gasteiger partial charge in [-0.25, -0.2) is 0 Å². The topological polar surface area (TPSA) is 43.8 Å². The maximum Gasteiger partial charge on any atom is 0.0593 e. The number of rotatable bonds is 2. The second kappa shape index (κ2) is 2.66. The molecule has 1 aromatic heterocycles. The molecule has 0 atom stereocenters. The molecule has 1 heterocycles. The molecule has 1 aromatic rings.